The van der Waals surface area contributed by atoms with Crippen LogP contribution in [0.5, 0.6) is 0 Å². The summed E-state index contributed by atoms with van der Waals surface area (Å²) in [4.78, 5) is 0. The Balaban J connectivity index is 3.04. The highest BCUT2D eigenvalue weighted by atomic mass is 35.5. The van der Waals surface area contributed by atoms with Gasteiger partial charge in [0.25, 0.3) is 0 Å². The van der Waals surface area contributed by atoms with E-state index in [1.807, 2.05) is 0 Å². The first-order valence-corrected chi connectivity index (χ1v) is 1.97. The fourth-order valence-corrected chi connectivity index (χ4v) is 0.385. The summed E-state index contributed by atoms with van der Waals surface area (Å²) < 4.78 is 0.884. The molecule has 1 aromatic rings. The standard InChI is InChI=1S/C2H3ClN4/c3-7-5-1-2(4)6-7/h1H,(H2,4,6). The lowest BCUT2D eigenvalue weighted by Crippen LogP contribution is -1.86. The van der Waals surface area contributed by atoms with Gasteiger partial charge in [0, 0.05) is 0 Å². The van der Waals surface area contributed by atoms with Crippen molar-refractivity contribution in [2.75, 3.05) is 5.73 Å². The molecule has 38 valence electrons. The number of hydrogen-bond acceptors (Lipinski definition) is 3. The molecule has 0 unspecified atom stereocenters. The SMILES string of the molecule is Nc1cnn(Cl)n1. The number of nitrogens with zero attached hydrogens (tertiary/aromatic N) is 3. The van der Waals surface area contributed by atoms with Crippen LogP contribution in [-0.4, -0.2) is 14.5 Å². The average Bonchev–Trinajstić information content (AvgIpc) is 1.87. The Hall–Kier alpha value is -0.770. The lowest BCUT2D eigenvalue weighted by Gasteiger charge is -1.72. The van der Waals surface area contributed by atoms with Crippen LogP contribution in [0.2, 0.25) is 0 Å². The third-order valence-electron chi connectivity index (χ3n) is 0.483. The van der Waals surface area contributed by atoms with Crippen LogP contribution in [-0.2, 0) is 0 Å². The van der Waals surface area contributed by atoms with Crippen molar-refractivity contribution in [2.45, 2.75) is 0 Å². The first-order valence-electron chi connectivity index (χ1n) is 1.63. The number of halogens is 1. The van der Waals surface area contributed by atoms with Crippen molar-refractivity contribution in [1.29, 1.82) is 0 Å². The molecule has 5 heteroatoms. The molecule has 1 heterocycles. The Labute approximate surface area is 45.0 Å². The van der Waals surface area contributed by atoms with E-state index in [-0.39, 0.29) is 0 Å². The van der Waals surface area contributed by atoms with Gasteiger partial charge in [-0.15, -0.1) is 10.2 Å². The molecule has 0 aromatic carbocycles. The molecule has 0 amide bonds. The lowest BCUT2D eigenvalue weighted by atomic mass is 10.8. The normalized spacial score (nSPS) is 9.29. The molecule has 0 aliphatic heterocycles. The zero-order valence-electron chi connectivity index (χ0n) is 3.37. The number of anilines is 1. The van der Waals surface area contributed by atoms with E-state index in [9.17, 15) is 0 Å². The number of nitrogens with two attached hydrogens (primary N) is 1. The van der Waals surface area contributed by atoms with Gasteiger partial charge in [0.05, 0.1) is 18.0 Å². The minimum absolute atomic E-state index is 0.329. The van der Waals surface area contributed by atoms with Crippen LogP contribution in [0.25, 0.3) is 0 Å². The number of aromatic nitrogens is 3. The topological polar surface area (TPSA) is 56.7 Å². The van der Waals surface area contributed by atoms with Crippen LogP contribution < -0.4 is 5.73 Å². The van der Waals surface area contributed by atoms with Crippen molar-refractivity contribution in [3.63, 3.8) is 0 Å². The summed E-state index contributed by atoms with van der Waals surface area (Å²) in [6.07, 6.45) is 1.37. The highest BCUT2D eigenvalue weighted by molar-refractivity contribution is 6.14. The van der Waals surface area contributed by atoms with E-state index in [0.717, 1.165) is 4.32 Å². The molecule has 0 fully saturated rings. The summed E-state index contributed by atoms with van der Waals surface area (Å²) in [5.74, 6) is 0.329. The van der Waals surface area contributed by atoms with Crippen LogP contribution in [0.3, 0.4) is 0 Å². The first kappa shape index (κ1) is 4.39. The summed E-state index contributed by atoms with van der Waals surface area (Å²) in [5.41, 5.74) is 5.10. The van der Waals surface area contributed by atoms with Crippen molar-refractivity contribution >= 4 is 17.6 Å². The van der Waals surface area contributed by atoms with E-state index in [0.29, 0.717) is 5.82 Å². The van der Waals surface area contributed by atoms with Crippen molar-refractivity contribution in [3.05, 3.63) is 6.20 Å². The zero-order valence-corrected chi connectivity index (χ0v) is 4.13. The Morgan fingerprint density at radius 3 is 2.71 bits per heavy atom. The van der Waals surface area contributed by atoms with E-state index in [1.165, 1.54) is 6.20 Å². The molecule has 0 saturated heterocycles. The van der Waals surface area contributed by atoms with Crippen molar-refractivity contribution in [1.82, 2.24) is 14.5 Å². The molecule has 0 saturated carbocycles. The summed E-state index contributed by atoms with van der Waals surface area (Å²) >= 11 is 5.17. The molecule has 0 spiro atoms. The van der Waals surface area contributed by atoms with Crippen LogP contribution in [0, 0.1) is 0 Å². The Kier molecular flexibility index (Phi) is 0.867. The zero-order chi connectivity index (χ0) is 5.28. The van der Waals surface area contributed by atoms with Gasteiger partial charge >= 0.3 is 0 Å². The van der Waals surface area contributed by atoms with Gasteiger partial charge in [-0.3, -0.25) is 0 Å². The fourth-order valence-electron chi connectivity index (χ4n) is 0.254. The molecule has 0 atom stereocenters. The average molecular weight is 119 g/mol. The maximum Gasteiger partial charge on any atom is 0.167 e. The molecule has 0 aliphatic carbocycles. The van der Waals surface area contributed by atoms with Gasteiger partial charge in [0.15, 0.2) is 5.82 Å². The van der Waals surface area contributed by atoms with Crippen LogP contribution >= 0.6 is 11.8 Å². The summed E-state index contributed by atoms with van der Waals surface area (Å²) in [7, 11) is 0. The maximum absolute atomic E-state index is 5.17. The van der Waals surface area contributed by atoms with Crippen LogP contribution in [0.4, 0.5) is 5.82 Å². The fraction of sp³-hybridized carbons (Fsp3) is 0. The van der Waals surface area contributed by atoms with Gasteiger partial charge in [0.1, 0.15) is 0 Å². The Morgan fingerprint density at radius 1 is 1.86 bits per heavy atom. The lowest BCUT2D eigenvalue weighted by molar-refractivity contribution is 0.851. The molecule has 7 heavy (non-hydrogen) atoms. The highest BCUT2D eigenvalue weighted by Crippen LogP contribution is 1.89. The van der Waals surface area contributed by atoms with Crippen LogP contribution in [0.15, 0.2) is 6.20 Å². The molecule has 0 bridgehead atoms. The molecule has 1 rings (SSSR count). The van der Waals surface area contributed by atoms with Crippen LogP contribution in [0.1, 0.15) is 0 Å². The first-order chi connectivity index (χ1) is 3.29. The van der Waals surface area contributed by atoms with E-state index in [4.69, 9.17) is 17.5 Å². The smallest absolute Gasteiger partial charge is 0.167 e. The summed E-state index contributed by atoms with van der Waals surface area (Å²) in [5, 5.41) is 6.92. The maximum atomic E-state index is 5.17. The minimum Gasteiger partial charge on any atom is -0.381 e. The largest absolute Gasteiger partial charge is 0.381 e. The molecule has 0 aliphatic rings. The predicted molar refractivity (Wildman–Crippen MR) is 25.7 cm³/mol. The molecule has 0 radical (unpaired) electrons. The van der Waals surface area contributed by atoms with E-state index in [2.05, 4.69) is 10.2 Å². The third kappa shape index (κ3) is 0.806. The Bertz CT molecular complexity index is 142. The quantitative estimate of drug-likeness (QED) is 0.516. The summed E-state index contributed by atoms with van der Waals surface area (Å²) in [6.45, 7) is 0. The molecule has 2 N–H and O–H groups in total. The molecule has 1 aromatic heterocycles. The monoisotopic (exact) mass is 118 g/mol. The van der Waals surface area contributed by atoms with Crippen molar-refractivity contribution in [3.8, 4) is 0 Å². The van der Waals surface area contributed by atoms with Gasteiger partial charge in [0.2, 0.25) is 0 Å². The molecule has 4 nitrogen and oxygen atoms in total. The number of rotatable bonds is 0. The van der Waals surface area contributed by atoms with Gasteiger partial charge < -0.3 is 5.73 Å². The highest BCUT2D eigenvalue weighted by Gasteiger charge is 1.86. The predicted octanol–water partition coefficient (Wildman–Crippen LogP) is -0.138. The number of nitrogen functional groups attached to an aromatic ring is 1. The van der Waals surface area contributed by atoms with E-state index < -0.39 is 0 Å². The van der Waals surface area contributed by atoms with Gasteiger partial charge in [-0.1, -0.05) is 4.32 Å². The van der Waals surface area contributed by atoms with E-state index >= 15 is 0 Å². The second-order valence-corrected chi connectivity index (χ2v) is 1.31. The van der Waals surface area contributed by atoms with Gasteiger partial charge in [-0.05, 0) is 0 Å². The summed E-state index contributed by atoms with van der Waals surface area (Å²) in [6, 6.07) is 0. The third-order valence-corrected chi connectivity index (χ3v) is 0.646. The molecular weight excluding hydrogens is 116 g/mol. The number of hydrogen-bond donors (Lipinski definition) is 1. The second kappa shape index (κ2) is 1.38. The van der Waals surface area contributed by atoms with Gasteiger partial charge in [-0.2, -0.15) is 0 Å². The second-order valence-electron chi connectivity index (χ2n) is 1.01. The van der Waals surface area contributed by atoms with Crippen molar-refractivity contribution in [2.24, 2.45) is 0 Å². The van der Waals surface area contributed by atoms with E-state index in [1.54, 1.807) is 0 Å². The Morgan fingerprint density at radius 2 is 2.57 bits per heavy atom. The molecular formula is C2H3ClN4. The van der Waals surface area contributed by atoms with Crippen molar-refractivity contribution < 1.29 is 0 Å². The van der Waals surface area contributed by atoms with Gasteiger partial charge in [-0.25, -0.2) is 0 Å². The minimum atomic E-state index is 0.329.